The van der Waals surface area contributed by atoms with Gasteiger partial charge in [0, 0.05) is 0 Å². The van der Waals surface area contributed by atoms with Crippen LogP contribution in [-0.4, -0.2) is 23.3 Å². The summed E-state index contributed by atoms with van der Waals surface area (Å²) < 4.78 is 0. The molecule has 2 N–H and O–H groups in total. The van der Waals surface area contributed by atoms with Crippen molar-refractivity contribution in [1.29, 1.82) is 0 Å². The molecule has 0 amide bonds. The van der Waals surface area contributed by atoms with E-state index in [0.717, 1.165) is 5.56 Å². The van der Waals surface area contributed by atoms with E-state index >= 15 is 0 Å². The molecule has 0 aliphatic carbocycles. The molecule has 0 heterocycles. The second-order valence-corrected chi connectivity index (χ2v) is 2.89. The number of hydrogen-bond acceptors (Lipinski definition) is 4. The minimum atomic E-state index is -0.852. The van der Waals surface area contributed by atoms with Gasteiger partial charge in [-0.2, -0.15) is 5.48 Å². The monoisotopic (exact) mass is 193 g/mol. The van der Waals surface area contributed by atoms with Crippen molar-refractivity contribution in [3.05, 3.63) is 35.9 Å². The van der Waals surface area contributed by atoms with Crippen LogP contribution in [-0.2, 0) is 16.0 Å². The fourth-order valence-corrected chi connectivity index (χ4v) is 1.14. The van der Waals surface area contributed by atoms with Crippen LogP contribution in [0, 0.1) is 0 Å². The number of carbonyl (C=O) groups is 2. The Morgan fingerprint density at radius 1 is 1.43 bits per heavy atom. The number of aldehydes is 1. The molecule has 0 fully saturated rings. The Balaban J connectivity index is 2.66. The molecule has 0 aliphatic heterocycles. The molecule has 0 aromatic heterocycles. The highest BCUT2D eigenvalue weighted by atomic mass is 16.5. The number of hydrogen-bond donors (Lipinski definition) is 2. The third kappa shape index (κ3) is 2.76. The van der Waals surface area contributed by atoms with Gasteiger partial charge < -0.3 is 5.21 Å². The molecular formula is C10H11NO3. The van der Waals surface area contributed by atoms with Gasteiger partial charge in [-0.05, 0) is 12.0 Å². The molecule has 0 radical (unpaired) electrons. The van der Waals surface area contributed by atoms with Gasteiger partial charge in [-0.25, -0.2) is 0 Å². The fourth-order valence-electron chi connectivity index (χ4n) is 1.14. The SMILES string of the molecule is O=CC(=O)[C@H](Cc1ccccc1)NO. The first-order valence-electron chi connectivity index (χ1n) is 4.20. The van der Waals surface area contributed by atoms with Crippen molar-refractivity contribution in [1.82, 2.24) is 5.48 Å². The Morgan fingerprint density at radius 3 is 2.57 bits per heavy atom. The maximum atomic E-state index is 11.0. The molecule has 4 nitrogen and oxygen atoms in total. The summed E-state index contributed by atoms with van der Waals surface area (Å²) >= 11 is 0. The number of benzene rings is 1. The Hall–Kier alpha value is -1.52. The maximum Gasteiger partial charge on any atom is 0.214 e. The van der Waals surface area contributed by atoms with Gasteiger partial charge in [0.25, 0.3) is 0 Å². The summed E-state index contributed by atoms with van der Waals surface area (Å²) in [5, 5.41) is 8.66. The van der Waals surface area contributed by atoms with Crippen LogP contribution < -0.4 is 5.48 Å². The van der Waals surface area contributed by atoms with Gasteiger partial charge in [0.2, 0.25) is 5.78 Å². The molecular weight excluding hydrogens is 182 g/mol. The first-order chi connectivity index (χ1) is 6.77. The van der Waals surface area contributed by atoms with Crippen LogP contribution in [0.25, 0.3) is 0 Å². The van der Waals surface area contributed by atoms with E-state index in [1.165, 1.54) is 0 Å². The van der Waals surface area contributed by atoms with E-state index in [0.29, 0.717) is 6.42 Å². The highest BCUT2D eigenvalue weighted by molar-refractivity contribution is 6.27. The van der Waals surface area contributed by atoms with E-state index in [9.17, 15) is 9.59 Å². The Morgan fingerprint density at radius 2 is 2.07 bits per heavy atom. The topological polar surface area (TPSA) is 66.4 Å². The summed E-state index contributed by atoms with van der Waals surface area (Å²) in [6, 6.07) is 8.30. The average Bonchev–Trinajstić information content (AvgIpc) is 2.26. The van der Waals surface area contributed by atoms with Gasteiger partial charge in [0.15, 0.2) is 6.29 Å². The minimum absolute atomic E-state index is 0.205. The lowest BCUT2D eigenvalue weighted by Crippen LogP contribution is -2.37. The summed E-state index contributed by atoms with van der Waals surface area (Å²) in [5.74, 6) is -0.656. The van der Waals surface area contributed by atoms with Crippen molar-refractivity contribution in [2.24, 2.45) is 0 Å². The van der Waals surface area contributed by atoms with Crippen molar-refractivity contribution >= 4 is 12.1 Å². The normalized spacial score (nSPS) is 12.1. The van der Waals surface area contributed by atoms with Gasteiger partial charge in [-0.1, -0.05) is 30.3 Å². The standard InChI is InChI=1S/C10H11NO3/c12-7-10(13)9(11-14)6-8-4-2-1-3-5-8/h1-5,7,9,11,14H,6H2/t9-/m0/s1. The first kappa shape index (κ1) is 10.6. The number of ketones is 1. The molecule has 0 spiro atoms. The number of Topliss-reactive ketones (excluding diaryl/α,β-unsaturated/α-hetero) is 1. The Labute approximate surface area is 81.5 Å². The van der Waals surface area contributed by atoms with Crippen molar-refractivity contribution in [2.75, 3.05) is 0 Å². The van der Waals surface area contributed by atoms with Crippen LogP contribution in [0.5, 0.6) is 0 Å². The minimum Gasteiger partial charge on any atom is -0.316 e. The van der Waals surface area contributed by atoms with Crippen LogP contribution >= 0.6 is 0 Å². The zero-order chi connectivity index (χ0) is 10.4. The van der Waals surface area contributed by atoms with Gasteiger partial charge in [-0.15, -0.1) is 0 Å². The van der Waals surface area contributed by atoms with Gasteiger partial charge >= 0.3 is 0 Å². The predicted octanol–water partition coefficient (Wildman–Crippen LogP) is 0.344. The molecule has 1 rings (SSSR count). The zero-order valence-electron chi connectivity index (χ0n) is 7.51. The van der Waals surface area contributed by atoms with Crippen molar-refractivity contribution in [2.45, 2.75) is 12.5 Å². The Bertz CT molecular complexity index is 310. The quantitative estimate of drug-likeness (QED) is 0.402. The number of nitrogens with one attached hydrogen (secondary N) is 1. The van der Waals surface area contributed by atoms with Crippen molar-refractivity contribution in [3.8, 4) is 0 Å². The highest BCUT2D eigenvalue weighted by Gasteiger charge is 2.16. The van der Waals surface area contributed by atoms with Crippen LogP contribution in [0.15, 0.2) is 30.3 Å². The largest absolute Gasteiger partial charge is 0.316 e. The summed E-state index contributed by atoms with van der Waals surface area (Å²) in [7, 11) is 0. The van der Waals surface area contributed by atoms with Crippen LogP contribution in [0.4, 0.5) is 0 Å². The second-order valence-electron chi connectivity index (χ2n) is 2.89. The van der Waals surface area contributed by atoms with Crippen molar-refractivity contribution < 1.29 is 14.8 Å². The summed E-state index contributed by atoms with van der Waals surface area (Å²) in [4.78, 5) is 21.2. The third-order valence-corrected chi connectivity index (χ3v) is 1.90. The summed E-state index contributed by atoms with van der Waals surface area (Å²) in [6.45, 7) is 0. The molecule has 0 unspecified atom stereocenters. The highest BCUT2D eigenvalue weighted by Crippen LogP contribution is 2.02. The molecule has 0 aliphatic rings. The average molecular weight is 193 g/mol. The molecule has 14 heavy (non-hydrogen) atoms. The lowest BCUT2D eigenvalue weighted by atomic mass is 10.0. The second kappa shape index (κ2) is 5.26. The van der Waals surface area contributed by atoms with E-state index < -0.39 is 11.8 Å². The van der Waals surface area contributed by atoms with E-state index in [1.54, 1.807) is 0 Å². The number of carbonyl (C=O) groups excluding carboxylic acids is 2. The zero-order valence-corrected chi connectivity index (χ0v) is 7.51. The predicted molar refractivity (Wildman–Crippen MR) is 49.9 cm³/mol. The third-order valence-electron chi connectivity index (χ3n) is 1.90. The molecule has 4 heteroatoms. The first-order valence-corrected chi connectivity index (χ1v) is 4.20. The number of rotatable bonds is 5. The molecule has 74 valence electrons. The number of hydroxylamine groups is 1. The van der Waals surface area contributed by atoms with Crippen LogP contribution in [0.2, 0.25) is 0 Å². The molecule has 0 saturated carbocycles. The smallest absolute Gasteiger partial charge is 0.214 e. The van der Waals surface area contributed by atoms with E-state index in [2.05, 4.69) is 0 Å². The molecule has 1 atom stereocenters. The Kier molecular flexibility index (Phi) is 3.97. The van der Waals surface area contributed by atoms with Crippen LogP contribution in [0.3, 0.4) is 0 Å². The van der Waals surface area contributed by atoms with Gasteiger partial charge in [0.05, 0.1) is 0 Å². The van der Waals surface area contributed by atoms with E-state index in [1.807, 2.05) is 35.8 Å². The van der Waals surface area contributed by atoms with E-state index in [-0.39, 0.29) is 6.29 Å². The van der Waals surface area contributed by atoms with Crippen molar-refractivity contribution in [3.63, 3.8) is 0 Å². The molecule has 0 saturated heterocycles. The summed E-state index contributed by atoms with van der Waals surface area (Å²) in [5.41, 5.74) is 2.70. The lowest BCUT2D eigenvalue weighted by molar-refractivity contribution is -0.133. The molecule has 0 bridgehead atoms. The molecule has 1 aromatic carbocycles. The molecule has 1 aromatic rings. The lowest BCUT2D eigenvalue weighted by Gasteiger charge is -2.09. The maximum absolute atomic E-state index is 11.0. The fraction of sp³-hybridized carbons (Fsp3) is 0.200. The van der Waals surface area contributed by atoms with Gasteiger partial charge in [0.1, 0.15) is 6.04 Å². The van der Waals surface area contributed by atoms with Gasteiger partial charge in [-0.3, -0.25) is 9.59 Å². The van der Waals surface area contributed by atoms with E-state index in [4.69, 9.17) is 5.21 Å². The summed E-state index contributed by atoms with van der Waals surface area (Å²) in [6.07, 6.45) is 0.506. The van der Waals surface area contributed by atoms with Crippen LogP contribution in [0.1, 0.15) is 5.56 Å².